The molecule has 0 aromatic heterocycles. The molecule has 0 radical (unpaired) electrons. The van der Waals surface area contributed by atoms with E-state index < -0.39 is 0 Å². The lowest BCUT2D eigenvalue weighted by Gasteiger charge is -1.84. The Hall–Kier alpha value is -0.180. The van der Waals surface area contributed by atoms with E-state index in [1.165, 1.54) is 6.34 Å². The summed E-state index contributed by atoms with van der Waals surface area (Å²) in [5.41, 5.74) is 4.96. The van der Waals surface area contributed by atoms with Crippen molar-refractivity contribution in [2.75, 3.05) is 11.6 Å². The molecule has 0 rings (SSSR count). The summed E-state index contributed by atoms with van der Waals surface area (Å²) >= 11 is 1.75. The van der Waals surface area contributed by atoms with Gasteiger partial charge in [-0.05, 0) is 5.75 Å². The first-order valence-electron chi connectivity index (χ1n) is 2.19. The van der Waals surface area contributed by atoms with Crippen molar-refractivity contribution in [1.82, 2.24) is 0 Å². The summed E-state index contributed by atoms with van der Waals surface area (Å²) in [6.45, 7) is 2.09. The molecule has 0 aromatic rings. The predicted octanol–water partition coefficient (Wildman–Crippen LogP) is 0.684. The number of nitrogens with zero attached hydrogens (tertiary/aromatic N) is 1. The fourth-order valence-electron chi connectivity index (χ4n) is 0.187. The minimum absolute atomic E-state index is 0.799. The molecule has 2 N–H and O–H groups in total. The first-order valence-corrected chi connectivity index (χ1v) is 3.35. The van der Waals surface area contributed by atoms with Crippen LogP contribution in [0.1, 0.15) is 6.92 Å². The van der Waals surface area contributed by atoms with Crippen molar-refractivity contribution in [2.45, 2.75) is 6.92 Å². The minimum atomic E-state index is 0.799. The van der Waals surface area contributed by atoms with Crippen molar-refractivity contribution in [3.63, 3.8) is 0 Å². The monoisotopic (exact) mass is 118 g/mol. The van der Waals surface area contributed by atoms with Gasteiger partial charge in [-0.15, -0.1) is 11.8 Å². The predicted molar refractivity (Wildman–Crippen MR) is 35.7 cm³/mol. The average molecular weight is 118 g/mol. The van der Waals surface area contributed by atoms with Gasteiger partial charge in [0.2, 0.25) is 0 Å². The standard InChI is InChI=1S/C4H10N2S/c1-2-7-4-6-3-5/h3H,2,4H2,1H3,(H2,5,6). The highest BCUT2D eigenvalue weighted by atomic mass is 32.2. The number of nitrogens with two attached hydrogens (primary N) is 1. The molecule has 0 amide bonds. The molecule has 42 valence electrons. The Morgan fingerprint density at radius 2 is 2.57 bits per heavy atom. The van der Waals surface area contributed by atoms with Crippen LogP contribution in [0.5, 0.6) is 0 Å². The summed E-state index contributed by atoms with van der Waals surface area (Å²) in [7, 11) is 0. The van der Waals surface area contributed by atoms with Gasteiger partial charge >= 0.3 is 0 Å². The molecule has 0 atom stereocenters. The Morgan fingerprint density at radius 1 is 1.86 bits per heavy atom. The van der Waals surface area contributed by atoms with E-state index in [0.29, 0.717) is 0 Å². The van der Waals surface area contributed by atoms with Gasteiger partial charge in [-0.1, -0.05) is 6.92 Å². The van der Waals surface area contributed by atoms with E-state index in [-0.39, 0.29) is 0 Å². The first kappa shape index (κ1) is 6.82. The molecule has 0 aliphatic rings. The third-order valence-electron chi connectivity index (χ3n) is 0.475. The highest BCUT2D eigenvalue weighted by Crippen LogP contribution is 1.95. The van der Waals surface area contributed by atoms with E-state index in [4.69, 9.17) is 5.73 Å². The van der Waals surface area contributed by atoms with Gasteiger partial charge in [0.1, 0.15) is 0 Å². The summed E-state index contributed by atoms with van der Waals surface area (Å²) in [6.07, 6.45) is 1.34. The van der Waals surface area contributed by atoms with E-state index in [0.717, 1.165) is 11.6 Å². The van der Waals surface area contributed by atoms with E-state index in [1.807, 2.05) is 0 Å². The molecule has 0 aliphatic carbocycles. The first-order chi connectivity index (χ1) is 3.41. The molecule has 0 fully saturated rings. The third kappa shape index (κ3) is 5.82. The van der Waals surface area contributed by atoms with Gasteiger partial charge in [0.05, 0.1) is 12.2 Å². The number of hydrogen-bond donors (Lipinski definition) is 1. The van der Waals surface area contributed by atoms with Crippen molar-refractivity contribution in [2.24, 2.45) is 10.7 Å². The van der Waals surface area contributed by atoms with Gasteiger partial charge < -0.3 is 5.73 Å². The zero-order chi connectivity index (χ0) is 5.54. The summed E-state index contributed by atoms with van der Waals surface area (Å²) < 4.78 is 0. The fraction of sp³-hybridized carbons (Fsp3) is 0.750. The van der Waals surface area contributed by atoms with Crippen LogP contribution in [0.4, 0.5) is 0 Å². The molecule has 0 bridgehead atoms. The van der Waals surface area contributed by atoms with Crippen molar-refractivity contribution in [1.29, 1.82) is 0 Å². The SMILES string of the molecule is CCSC/N=C/N. The van der Waals surface area contributed by atoms with Crippen LogP contribution in [0.2, 0.25) is 0 Å². The van der Waals surface area contributed by atoms with Crippen molar-refractivity contribution in [3.8, 4) is 0 Å². The second-order valence-electron chi connectivity index (χ2n) is 0.954. The van der Waals surface area contributed by atoms with E-state index in [9.17, 15) is 0 Å². The maximum atomic E-state index is 4.96. The van der Waals surface area contributed by atoms with Crippen molar-refractivity contribution < 1.29 is 0 Å². The number of aliphatic imine (C=N–C) groups is 1. The quantitative estimate of drug-likeness (QED) is 0.336. The topological polar surface area (TPSA) is 38.4 Å². The van der Waals surface area contributed by atoms with Crippen molar-refractivity contribution in [3.05, 3.63) is 0 Å². The largest absolute Gasteiger partial charge is 0.390 e. The maximum Gasteiger partial charge on any atom is 0.0860 e. The van der Waals surface area contributed by atoms with Crippen LogP contribution >= 0.6 is 11.8 Å². The zero-order valence-corrected chi connectivity index (χ0v) is 5.24. The van der Waals surface area contributed by atoms with Crippen molar-refractivity contribution >= 4 is 18.1 Å². The maximum absolute atomic E-state index is 4.96. The Balaban J connectivity index is 2.69. The van der Waals surface area contributed by atoms with Gasteiger partial charge in [-0.25, -0.2) is 0 Å². The van der Waals surface area contributed by atoms with E-state index in [1.54, 1.807) is 11.8 Å². The molecule has 0 spiro atoms. The lowest BCUT2D eigenvalue weighted by atomic mass is 11.0. The molecular formula is C4H10N2S. The van der Waals surface area contributed by atoms with E-state index >= 15 is 0 Å². The van der Waals surface area contributed by atoms with E-state index in [2.05, 4.69) is 11.9 Å². The average Bonchev–Trinajstić information content (AvgIpc) is 1.69. The molecule has 3 heteroatoms. The summed E-state index contributed by atoms with van der Waals surface area (Å²) in [4.78, 5) is 3.78. The second-order valence-corrected chi connectivity index (χ2v) is 2.20. The van der Waals surface area contributed by atoms with Crippen LogP contribution in [0.25, 0.3) is 0 Å². The lowest BCUT2D eigenvalue weighted by Crippen LogP contribution is -1.88. The molecule has 0 saturated heterocycles. The van der Waals surface area contributed by atoms with Gasteiger partial charge in [-0.3, -0.25) is 4.99 Å². The third-order valence-corrected chi connectivity index (χ3v) is 1.22. The van der Waals surface area contributed by atoms with Crippen LogP contribution in [0.3, 0.4) is 0 Å². The Morgan fingerprint density at radius 3 is 3.00 bits per heavy atom. The number of thioether (sulfide) groups is 1. The number of rotatable bonds is 3. The molecule has 0 aromatic carbocycles. The molecule has 7 heavy (non-hydrogen) atoms. The minimum Gasteiger partial charge on any atom is -0.390 e. The number of hydrogen-bond acceptors (Lipinski definition) is 2. The van der Waals surface area contributed by atoms with Crippen LogP contribution in [-0.4, -0.2) is 18.0 Å². The van der Waals surface area contributed by atoms with Gasteiger partial charge in [0, 0.05) is 0 Å². The van der Waals surface area contributed by atoms with Gasteiger partial charge in [-0.2, -0.15) is 0 Å². The normalized spacial score (nSPS) is 10.4. The van der Waals surface area contributed by atoms with Crippen LogP contribution in [0, 0.1) is 0 Å². The molecule has 0 aliphatic heterocycles. The highest BCUT2D eigenvalue weighted by Gasteiger charge is 1.73. The smallest absolute Gasteiger partial charge is 0.0860 e. The Kier molecular flexibility index (Phi) is 5.67. The lowest BCUT2D eigenvalue weighted by molar-refractivity contribution is 1.36. The molecular weight excluding hydrogens is 108 g/mol. The summed E-state index contributed by atoms with van der Waals surface area (Å²) in [5.74, 6) is 1.91. The van der Waals surface area contributed by atoms with Gasteiger partial charge in [0.15, 0.2) is 0 Å². The fourth-order valence-corrected chi connectivity index (χ4v) is 0.561. The Bertz CT molecular complexity index is 53.7. The molecule has 2 nitrogen and oxygen atoms in total. The van der Waals surface area contributed by atoms with Crippen LogP contribution in [0.15, 0.2) is 4.99 Å². The molecule has 0 unspecified atom stereocenters. The zero-order valence-electron chi connectivity index (χ0n) is 4.42. The second kappa shape index (κ2) is 5.82. The highest BCUT2D eigenvalue weighted by molar-refractivity contribution is 7.99. The molecule has 0 heterocycles. The van der Waals surface area contributed by atoms with Gasteiger partial charge in [0.25, 0.3) is 0 Å². The summed E-state index contributed by atoms with van der Waals surface area (Å²) in [5, 5.41) is 0. The van der Waals surface area contributed by atoms with Crippen LogP contribution in [-0.2, 0) is 0 Å². The summed E-state index contributed by atoms with van der Waals surface area (Å²) in [6, 6.07) is 0. The molecule has 0 saturated carbocycles. The Labute approximate surface area is 48.2 Å². The van der Waals surface area contributed by atoms with Crippen LogP contribution < -0.4 is 5.73 Å².